The highest BCUT2D eigenvalue weighted by molar-refractivity contribution is 5.89. The van der Waals surface area contributed by atoms with Crippen LogP contribution >= 0.6 is 0 Å². The Balaban J connectivity index is 1.18. The van der Waals surface area contributed by atoms with Crippen LogP contribution in [0.2, 0.25) is 0 Å². The Hall–Kier alpha value is -3.41. The van der Waals surface area contributed by atoms with E-state index in [1.54, 1.807) is 29.2 Å². The molecule has 166 valence electrons. The van der Waals surface area contributed by atoms with Crippen LogP contribution in [-0.4, -0.2) is 73.8 Å². The summed E-state index contributed by atoms with van der Waals surface area (Å²) in [6.07, 6.45) is -0.569. The van der Waals surface area contributed by atoms with Gasteiger partial charge in [-0.25, -0.2) is 4.79 Å². The van der Waals surface area contributed by atoms with Gasteiger partial charge in [0.25, 0.3) is 0 Å². The van der Waals surface area contributed by atoms with E-state index in [2.05, 4.69) is 15.9 Å². The summed E-state index contributed by atoms with van der Waals surface area (Å²) in [5.41, 5.74) is 2.27. The van der Waals surface area contributed by atoms with E-state index < -0.39 is 0 Å². The minimum atomic E-state index is -0.362. The number of carbonyl (C=O) groups excluding carboxylic acids is 2. The van der Waals surface area contributed by atoms with E-state index in [4.69, 9.17) is 14.7 Å². The number of nitriles is 1. The van der Waals surface area contributed by atoms with Crippen LogP contribution in [0, 0.1) is 11.3 Å². The van der Waals surface area contributed by atoms with Gasteiger partial charge in [-0.1, -0.05) is 30.3 Å². The van der Waals surface area contributed by atoms with Crippen molar-refractivity contribution in [2.75, 3.05) is 50.7 Å². The van der Waals surface area contributed by atoms with Gasteiger partial charge in [0.1, 0.15) is 12.7 Å². The minimum Gasteiger partial charge on any atom is -0.460 e. The van der Waals surface area contributed by atoms with Crippen LogP contribution in [0.3, 0.4) is 0 Å². The maximum absolute atomic E-state index is 12.3. The van der Waals surface area contributed by atoms with Gasteiger partial charge in [0.15, 0.2) is 0 Å². The fourth-order valence-corrected chi connectivity index (χ4v) is 3.93. The zero-order valence-corrected chi connectivity index (χ0v) is 17.9. The summed E-state index contributed by atoms with van der Waals surface area (Å²) in [5.74, 6) is -0.218. The van der Waals surface area contributed by atoms with Crippen LogP contribution < -0.4 is 4.90 Å². The highest BCUT2D eigenvalue weighted by Crippen LogP contribution is 2.22. The SMILES string of the molecule is N#Cc1ccc(N2CC(CN3CCN(CC(=O)OCc4ccccc4)CC3)OC2=O)cc1. The molecule has 2 aromatic carbocycles. The average molecular weight is 434 g/mol. The largest absolute Gasteiger partial charge is 0.460 e. The third-order valence-corrected chi connectivity index (χ3v) is 5.70. The fourth-order valence-electron chi connectivity index (χ4n) is 3.93. The molecule has 2 aromatic rings. The summed E-state index contributed by atoms with van der Waals surface area (Å²) in [5, 5.41) is 8.92. The fraction of sp³-hybridized carbons (Fsp3) is 0.375. The lowest BCUT2D eigenvalue weighted by atomic mass is 10.2. The molecule has 0 aromatic heterocycles. The van der Waals surface area contributed by atoms with Gasteiger partial charge < -0.3 is 9.47 Å². The Bertz CT molecular complexity index is 966. The van der Waals surface area contributed by atoms with Crippen LogP contribution in [-0.2, 0) is 20.9 Å². The lowest BCUT2D eigenvalue weighted by Gasteiger charge is -2.34. The molecule has 2 heterocycles. The standard InChI is InChI=1S/C24H26N4O4/c25-14-19-6-8-21(9-7-19)28-16-22(32-24(28)30)15-26-10-12-27(13-11-26)17-23(29)31-18-20-4-2-1-3-5-20/h1-9,22H,10-13,15-18H2. The number of hydrogen-bond donors (Lipinski definition) is 0. The summed E-state index contributed by atoms with van der Waals surface area (Å²) >= 11 is 0. The van der Waals surface area contributed by atoms with Crippen molar-refractivity contribution in [1.29, 1.82) is 5.26 Å². The van der Waals surface area contributed by atoms with E-state index in [-0.39, 0.29) is 24.7 Å². The van der Waals surface area contributed by atoms with Crippen LogP contribution in [0.25, 0.3) is 0 Å². The van der Waals surface area contributed by atoms with Crippen LogP contribution in [0.1, 0.15) is 11.1 Å². The second kappa shape index (κ2) is 10.3. The molecule has 0 saturated carbocycles. The first-order valence-corrected chi connectivity index (χ1v) is 10.7. The number of rotatable bonds is 7. The molecule has 2 aliphatic rings. The van der Waals surface area contributed by atoms with E-state index in [1.807, 2.05) is 30.3 Å². The summed E-state index contributed by atoms with van der Waals surface area (Å²) in [7, 11) is 0. The second-order valence-corrected chi connectivity index (χ2v) is 8.00. The van der Waals surface area contributed by atoms with E-state index in [0.29, 0.717) is 25.3 Å². The molecule has 0 N–H and O–H groups in total. The summed E-state index contributed by atoms with van der Waals surface area (Å²) in [6, 6.07) is 18.6. The number of nitrogens with zero attached hydrogens (tertiary/aromatic N) is 4. The van der Waals surface area contributed by atoms with Crippen molar-refractivity contribution in [3.8, 4) is 6.07 Å². The molecule has 1 unspecified atom stereocenters. The van der Waals surface area contributed by atoms with Crippen molar-refractivity contribution >= 4 is 17.7 Å². The molecule has 32 heavy (non-hydrogen) atoms. The topological polar surface area (TPSA) is 86.1 Å². The lowest BCUT2D eigenvalue weighted by molar-refractivity contribution is -0.146. The molecule has 2 fully saturated rings. The van der Waals surface area contributed by atoms with Crippen molar-refractivity contribution in [2.24, 2.45) is 0 Å². The third-order valence-electron chi connectivity index (χ3n) is 5.70. The first-order chi connectivity index (χ1) is 15.6. The highest BCUT2D eigenvalue weighted by Gasteiger charge is 2.34. The number of ether oxygens (including phenoxy) is 2. The monoisotopic (exact) mass is 434 g/mol. The third kappa shape index (κ3) is 5.63. The zero-order valence-electron chi connectivity index (χ0n) is 17.9. The number of anilines is 1. The molecule has 8 nitrogen and oxygen atoms in total. The molecule has 0 aliphatic carbocycles. The maximum atomic E-state index is 12.3. The van der Waals surface area contributed by atoms with E-state index in [0.717, 1.165) is 37.4 Å². The van der Waals surface area contributed by atoms with Crippen molar-refractivity contribution < 1.29 is 19.1 Å². The number of hydrogen-bond acceptors (Lipinski definition) is 7. The van der Waals surface area contributed by atoms with Crippen molar-refractivity contribution in [3.05, 3.63) is 65.7 Å². The van der Waals surface area contributed by atoms with E-state index >= 15 is 0 Å². The summed E-state index contributed by atoms with van der Waals surface area (Å²) in [6.45, 7) is 4.85. The minimum absolute atomic E-state index is 0.208. The van der Waals surface area contributed by atoms with E-state index in [9.17, 15) is 9.59 Å². The van der Waals surface area contributed by atoms with Crippen molar-refractivity contribution in [1.82, 2.24) is 9.80 Å². The Labute approximate surface area is 187 Å². The molecule has 2 saturated heterocycles. The van der Waals surface area contributed by atoms with Crippen LogP contribution in [0.5, 0.6) is 0 Å². The Morgan fingerprint density at radius 1 is 1.03 bits per heavy atom. The molecule has 2 aliphatic heterocycles. The molecule has 0 radical (unpaired) electrons. The van der Waals surface area contributed by atoms with E-state index in [1.165, 1.54) is 0 Å². The Kier molecular flexibility index (Phi) is 7.00. The van der Waals surface area contributed by atoms with Gasteiger partial charge in [-0.15, -0.1) is 0 Å². The zero-order chi connectivity index (χ0) is 22.3. The van der Waals surface area contributed by atoms with Gasteiger partial charge in [-0.05, 0) is 29.8 Å². The van der Waals surface area contributed by atoms with Gasteiger partial charge >= 0.3 is 12.1 Å². The van der Waals surface area contributed by atoms with Gasteiger partial charge in [-0.3, -0.25) is 19.5 Å². The lowest BCUT2D eigenvalue weighted by Crippen LogP contribution is -2.50. The van der Waals surface area contributed by atoms with Gasteiger partial charge in [0.05, 0.1) is 24.7 Å². The molecule has 0 spiro atoms. The first-order valence-electron chi connectivity index (χ1n) is 10.7. The molecule has 4 rings (SSSR count). The van der Waals surface area contributed by atoms with Crippen molar-refractivity contribution in [3.63, 3.8) is 0 Å². The number of esters is 1. The number of piperazine rings is 1. The molecule has 8 heteroatoms. The molecular formula is C24H26N4O4. The maximum Gasteiger partial charge on any atom is 0.414 e. The average Bonchev–Trinajstić information content (AvgIpc) is 3.19. The van der Waals surface area contributed by atoms with Crippen LogP contribution in [0.4, 0.5) is 10.5 Å². The summed E-state index contributed by atoms with van der Waals surface area (Å²) in [4.78, 5) is 30.4. The number of benzene rings is 2. The molecule has 0 bridgehead atoms. The van der Waals surface area contributed by atoms with Gasteiger partial charge in [0.2, 0.25) is 0 Å². The summed E-state index contributed by atoms with van der Waals surface area (Å²) < 4.78 is 10.9. The van der Waals surface area contributed by atoms with Crippen LogP contribution in [0.15, 0.2) is 54.6 Å². The predicted molar refractivity (Wildman–Crippen MR) is 118 cm³/mol. The molecular weight excluding hydrogens is 408 g/mol. The quantitative estimate of drug-likeness (QED) is 0.618. The normalized spacial score (nSPS) is 19.4. The number of amides is 1. The number of carbonyl (C=O) groups is 2. The van der Waals surface area contributed by atoms with Gasteiger partial charge in [-0.2, -0.15) is 5.26 Å². The van der Waals surface area contributed by atoms with Crippen molar-refractivity contribution in [2.45, 2.75) is 12.7 Å². The Morgan fingerprint density at radius 3 is 2.41 bits per heavy atom. The molecule has 1 amide bonds. The second-order valence-electron chi connectivity index (χ2n) is 8.00. The molecule has 1 atom stereocenters. The Morgan fingerprint density at radius 2 is 1.72 bits per heavy atom. The predicted octanol–water partition coefficient (Wildman–Crippen LogP) is 2.24. The smallest absolute Gasteiger partial charge is 0.414 e. The highest BCUT2D eigenvalue weighted by atomic mass is 16.6. The van der Waals surface area contributed by atoms with Gasteiger partial charge in [0, 0.05) is 38.4 Å². The first kappa shape index (κ1) is 21.8. The number of cyclic esters (lactones) is 1.